The van der Waals surface area contributed by atoms with Gasteiger partial charge in [0.05, 0.1) is 26.6 Å². The van der Waals surface area contributed by atoms with Crippen molar-refractivity contribution in [2.45, 2.75) is 0 Å². The molecule has 0 radical (unpaired) electrons. The molecule has 0 unspecified atom stereocenters. The standard InChI is InChI=1S/C18H21N2O8P/c1-24-14-4-8-16(9-5-14)27-29(23,13-20(19-22)12-18(21)26-3)28-17-10-6-15(25-2)7-11-17/h4-11H,12-13H2,1-3H3. The van der Waals surface area contributed by atoms with E-state index in [1.165, 1.54) is 38.5 Å². The molecule has 29 heavy (non-hydrogen) atoms. The lowest BCUT2D eigenvalue weighted by Gasteiger charge is -2.23. The molecule has 0 aliphatic heterocycles. The molecule has 0 heterocycles. The molecule has 0 fully saturated rings. The van der Waals surface area contributed by atoms with E-state index < -0.39 is 26.4 Å². The molecule has 0 aromatic heterocycles. The Morgan fingerprint density at radius 3 is 1.62 bits per heavy atom. The zero-order valence-electron chi connectivity index (χ0n) is 16.1. The highest BCUT2D eigenvalue weighted by Gasteiger charge is 2.33. The highest BCUT2D eigenvalue weighted by atomic mass is 31.2. The van der Waals surface area contributed by atoms with Crippen LogP contribution in [0.3, 0.4) is 0 Å². The summed E-state index contributed by atoms with van der Waals surface area (Å²) in [6.45, 7) is -0.512. The van der Waals surface area contributed by atoms with Crippen molar-refractivity contribution in [3.8, 4) is 23.0 Å². The van der Waals surface area contributed by atoms with Gasteiger partial charge in [-0.1, -0.05) is 0 Å². The lowest BCUT2D eigenvalue weighted by atomic mass is 10.3. The Balaban J connectivity index is 2.26. The van der Waals surface area contributed by atoms with Crippen LogP contribution in [-0.4, -0.2) is 45.1 Å². The Bertz CT molecular complexity index is 804. The molecule has 10 nitrogen and oxygen atoms in total. The third-order valence-electron chi connectivity index (χ3n) is 3.60. The van der Waals surface area contributed by atoms with Crippen LogP contribution in [0.1, 0.15) is 0 Å². The van der Waals surface area contributed by atoms with Crippen LogP contribution in [0.15, 0.2) is 53.8 Å². The van der Waals surface area contributed by atoms with Gasteiger partial charge in [-0.15, -0.1) is 4.91 Å². The van der Waals surface area contributed by atoms with Crippen LogP contribution in [0, 0.1) is 4.91 Å². The number of nitrogens with zero attached hydrogens (tertiary/aromatic N) is 2. The number of rotatable bonds is 11. The average molecular weight is 424 g/mol. The molecule has 0 spiro atoms. The van der Waals surface area contributed by atoms with Crippen molar-refractivity contribution in [3.05, 3.63) is 53.4 Å². The van der Waals surface area contributed by atoms with Gasteiger partial charge in [0.25, 0.3) is 0 Å². The largest absolute Gasteiger partial charge is 0.497 e. The summed E-state index contributed by atoms with van der Waals surface area (Å²) in [4.78, 5) is 22.6. The molecule has 0 N–H and O–H groups in total. The van der Waals surface area contributed by atoms with E-state index in [2.05, 4.69) is 10.0 Å². The van der Waals surface area contributed by atoms with Gasteiger partial charge in [-0.2, -0.15) is 0 Å². The second-order valence-corrected chi connectivity index (χ2v) is 7.48. The molecule has 0 saturated carbocycles. The number of methoxy groups -OCH3 is 3. The van der Waals surface area contributed by atoms with Crippen LogP contribution >= 0.6 is 7.60 Å². The summed E-state index contributed by atoms with van der Waals surface area (Å²) in [7, 11) is 0.168. The van der Waals surface area contributed by atoms with Gasteiger partial charge in [0, 0.05) is 0 Å². The second kappa shape index (κ2) is 10.3. The monoisotopic (exact) mass is 424 g/mol. The van der Waals surface area contributed by atoms with Gasteiger partial charge in [-0.05, 0) is 48.5 Å². The Morgan fingerprint density at radius 2 is 1.28 bits per heavy atom. The molecule has 11 heteroatoms. The third kappa shape index (κ3) is 6.69. The van der Waals surface area contributed by atoms with E-state index in [0.29, 0.717) is 16.5 Å². The molecule has 0 aliphatic carbocycles. The predicted molar refractivity (Wildman–Crippen MR) is 104 cm³/mol. The smallest absolute Gasteiger partial charge is 0.451 e. The highest BCUT2D eigenvalue weighted by molar-refractivity contribution is 7.54. The Hall–Kier alpha value is -3.26. The van der Waals surface area contributed by atoms with Crippen molar-refractivity contribution >= 4 is 13.6 Å². The minimum absolute atomic E-state index is 0.214. The predicted octanol–water partition coefficient (Wildman–Crippen LogP) is 3.47. The first kappa shape index (κ1) is 22.0. The van der Waals surface area contributed by atoms with Crippen molar-refractivity contribution < 1.29 is 32.6 Å². The van der Waals surface area contributed by atoms with Crippen LogP contribution in [0.4, 0.5) is 0 Å². The summed E-state index contributed by atoms with van der Waals surface area (Å²) in [5, 5.41) is 3.42. The summed E-state index contributed by atoms with van der Waals surface area (Å²) < 4.78 is 39.2. The molecule has 156 valence electrons. The van der Waals surface area contributed by atoms with Crippen LogP contribution in [0.2, 0.25) is 0 Å². The van der Waals surface area contributed by atoms with Crippen LogP contribution in [-0.2, 0) is 14.1 Å². The van der Waals surface area contributed by atoms with Gasteiger partial charge < -0.3 is 23.3 Å². The molecule has 2 aromatic rings. The number of ether oxygens (including phenoxy) is 3. The summed E-state index contributed by atoms with van der Waals surface area (Å²) in [6.07, 6.45) is -0.580. The first-order valence-electron chi connectivity index (χ1n) is 8.32. The summed E-state index contributed by atoms with van der Waals surface area (Å²) in [5.74, 6) is 0.846. The van der Waals surface area contributed by atoms with Gasteiger partial charge in [0.1, 0.15) is 29.5 Å². The number of carbonyl (C=O) groups is 1. The fourth-order valence-electron chi connectivity index (χ4n) is 2.19. The van der Waals surface area contributed by atoms with Crippen molar-refractivity contribution in [1.82, 2.24) is 5.01 Å². The van der Waals surface area contributed by atoms with Crippen molar-refractivity contribution in [2.75, 3.05) is 34.2 Å². The zero-order valence-corrected chi connectivity index (χ0v) is 17.0. The molecule has 2 aromatic carbocycles. The van der Waals surface area contributed by atoms with E-state index in [-0.39, 0.29) is 11.5 Å². The van der Waals surface area contributed by atoms with Crippen molar-refractivity contribution in [2.24, 2.45) is 5.29 Å². The first-order valence-corrected chi connectivity index (χ1v) is 10.1. The quantitative estimate of drug-likeness (QED) is 0.232. The Kier molecular flexibility index (Phi) is 7.85. The summed E-state index contributed by atoms with van der Waals surface area (Å²) in [6, 6.07) is 12.6. The number of hydrogen-bond acceptors (Lipinski definition) is 9. The van der Waals surface area contributed by atoms with Gasteiger partial charge in [0.15, 0.2) is 6.29 Å². The minimum atomic E-state index is -4.01. The van der Waals surface area contributed by atoms with E-state index in [1.807, 2.05) is 0 Å². The minimum Gasteiger partial charge on any atom is -0.497 e. The van der Waals surface area contributed by atoms with Gasteiger partial charge in [0.2, 0.25) is 0 Å². The fourth-order valence-corrected chi connectivity index (χ4v) is 3.78. The fraction of sp³-hybridized carbons (Fsp3) is 0.278. The Labute approximate surface area is 167 Å². The number of carbonyl (C=O) groups excluding carboxylic acids is 1. The van der Waals surface area contributed by atoms with Crippen molar-refractivity contribution in [1.29, 1.82) is 0 Å². The summed E-state index contributed by atoms with van der Waals surface area (Å²) >= 11 is 0. The maximum atomic E-state index is 13.4. The lowest BCUT2D eigenvalue weighted by molar-refractivity contribution is -0.141. The van der Waals surface area contributed by atoms with E-state index in [9.17, 15) is 14.3 Å². The van der Waals surface area contributed by atoms with E-state index in [1.54, 1.807) is 24.3 Å². The van der Waals surface area contributed by atoms with Crippen LogP contribution in [0.5, 0.6) is 23.0 Å². The van der Waals surface area contributed by atoms with Gasteiger partial charge in [-0.3, -0.25) is 4.79 Å². The number of benzene rings is 2. The number of hydrogen-bond donors (Lipinski definition) is 0. The van der Waals surface area contributed by atoms with E-state index >= 15 is 0 Å². The van der Waals surface area contributed by atoms with E-state index in [4.69, 9.17) is 18.5 Å². The first-order chi connectivity index (χ1) is 13.9. The van der Waals surface area contributed by atoms with Gasteiger partial charge in [-0.25, -0.2) is 9.57 Å². The summed E-state index contributed by atoms with van der Waals surface area (Å²) in [5.41, 5.74) is 0. The number of nitroso groups, excluding NO2 is 1. The van der Waals surface area contributed by atoms with Crippen LogP contribution in [0.25, 0.3) is 0 Å². The average Bonchev–Trinajstić information content (AvgIpc) is 2.74. The third-order valence-corrected chi connectivity index (χ3v) is 5.25. The van der Waals surface area contributed by atoms with Crippen molar-refractivity contribution in [3.63, 3.8) is 0 Å². The normalized spacial score (nSPS) is 10.6. The topological polar surface area (TPSA) is 113 Å². The van der Waals surface area contributed by atoms with E-state index in [0.717, 1.165) is 7.11 Å². The number of esters is 1. The maximum Gasteiger partial charge on any atom is 0.451 e. The molecule has 0 amide bonds. The highest BCUT2D eigenvalue weighted by Crippen LogP contribution is 2.49. The molecule has 2 rings (SSSR count). The molecular formula is C18H21N2O8P. The molecular weight excluding hydrogens is 403 g/mol. The Morgan fingerprint density at radius 1 is 0.862 bits per heavy atom. The zero-order chi connectivity index (χ0) is 21.3. The van der Waals surface area contributed by atoms with Gasteiger partial charge >= 0.3 is 13.6 Å². The van der Waals surface area contributed by atoms with Crippen LogP contribution < -0.4 is 18.5 Å². The molecule has 0 atom stereocenters. The molecule has 0 saturated heterocycles. The maximum absolute atomic E-state index is 13.4. The lowest BCUT2D eigenvalue weighted by Crippen LogP contribution is -2.28. The second-order valence-electron chi connectivity index (χ2n) is 5.61. The SMILES string of the molecule is COC(=O)CN(CP(=O)(Oc1ccc(OC)cc1)Oc1ccc(OC)cc1)N=O. The molecule has 0 bridgehead atoms. The molecule has 0 aliphatic rings.